The Hall–Kier alpha value is -1.40. The van der Waals surface area contributed by atoms with E-state index in [0.717, 1.165) is 38.9 Å². The molecule has 0 aromatic carbocycles. The van der Waals surface area contributed by atoms with Crippen LogP contribution in [0, 0.1) is 0 Å². The molecule has 2 rings (SSSR count). The van der Waals surface area contributed by atoms with Crippen molar-refractivity contribution >= 4 is 5.91 Å². The number of piperidine rings is 1. The number of aromatic nitrogens is 2. The van der Waals surface area contributed by atoms with E-state index in [2.05, 4.69) is 41.2 Å². The first-order chi connectivity index (χ1) is 10.5. The molecule has 124 valence electrons. The number of likely N-dealkylation sites (N-methyl/N-ethyl adjacent to an activating group) is 1. The minimum atomic E-state index is 0.120. The molecule has 22 heavy (non-hydrogen) atoms. The summed E-state index contributed by atoms with van der Waals surface area (Å²) in [5.41, 5.74) is 0. The summed E-state index contributed by atoms with van der Waals surface area (Å²) in [4.78, 5) is 16.7. The van der Waals surface area contributed by atoms with Crippen molar-refractivity contribution in [2.75, 3.05) is 33.7 Å². The predicted octanol–water partition coefficient (Wildman–Crippen LogP) is 0.804. The van der Waals surface area contributed by atoms with Crippen LogP contribution in [0.15, 0.2) is 18.5 Å². The fraction of sp³-hybridized carbons (Fsp3) is 0.750. The molecule has 1 aromatic heterocycles. The summed E-state index contributed by atoms with van der Waals surface area (Å²) in [6, 6.07) is 2.61. The van der Waals surface area contributed by atoms with Gasteiger partial charge in [-0.2, -0.15) is 5.10 Å². The fourth-order valence-corrected chi connectivity index (χ4v) is 2.94. The first-order valence-electron chi connectivity index (χ1n) is 8.20. The number of nitrogens with zero attached hydrogens (tertiary/aromatic N) is 4. The van der Waals surface area contributed by atoms with Crippen molar-refractivity contribution < 1.29 is 4.79 Å². The standard InChI is InChI=1S/C16H29N5O/c1-14(5-12-21-9-4-8-17-21)18-16(22)13-20(3)15-6-10-19(2)11-7-15/h4,8-9,14-15H,5-7,10-13H2,1-3H3,(H,18,22). The van der Waals surface area contributed by atoms with E-state index in [9.17, 15) is 4.79 Å². The third kappa shape index (κ3) is 5.42. The molecule has 6 nitrogen and oxygen atoms in total. The number of likely N-dealkylation sites (tertiary alicyclic amines) is 1. The van der Waals surface area contributed by atoms with Crippen LogP contribution in [-0.2, 0) is 11.3 Å². The highest BCUT2D eigenvalue weighted by Gasteiger charge is 2.22. The van der Waals surface area contributed by atoms with Crippen LogP contribution >= 0.6 is 0 Å². The minimum Gasteiger partial charge on any atom is -0.352 e. The highest BCUT2D eigenvalue weighted by molar-refractivity contribution is 5.78. The Balaban J connectivity index is 1.65. The number of carbonyl (C=O) groups excluding carboxylic acids is 1. The van der Waals surface area contributed by atoms with E-state index in [4.69, 9.17) is 0 Å². The molecule has 6 heteroatoms. The maximum absolute atomic E-state index is 12.1. The van der Waals surface area contributed by atoms with E-state index in [1.165, 1.54) is 0 Å². The maximum atomic E-state index is 12.1. The van der Waals surface area contributed by atoms with Crippen molar-refractivity contribution in [2.24, 2.45) is 0 Å². The fourth-order valence-electron chi connectivity index (χ4n) is 2.94. The van der Waals surface area contributed by atoms with E-state index in [1.54, 1.807) is 6.20 Å². The summed E-state index contributed by atoms with van der Waals surface area (Å²) in [7, 11) is 4.22. The highest BCUT2D eigenvalue weighted by Crippen LogP contribution is 2.13. The molecular weight excluding hydrogens is 278 g/mol. The van der Waals surface area contributed by atoms with Crippen LogP contribution in [0.3, 0.4) is 0 Å². The minimum absolute atomic E-state index is 0.120. The average molecular weight is 307 g/mol. The Morgan fingerprint density at radius 3 is 2.82 bits per heavy atom. The van der Waals surface area contributed by atoms with Gasteiger partial charge in [0.2, 0.25) is 5.91 Å². The van der Waals surface area contributed by atoms with Gasteiger partial charge in [0.05, 0.1) is 6.54 Å². The van der Waals surface area contributed by atoms with Crippen molar-refractivity contribution in [3.05, 3.63) is 18.5 Å². The van der Waals surface area contributed by atoms with E-state index in [0.29, 0.717) is 12.6 Å². The van der Waals surface area contributed by atoms with E-state index >= 15 is 0 Å². The zero-order valence-corrected chi connectivity index (χ0v) is 14.0. The number of aryl methyl sites for hydroxylation is 1. The Kier molecular flexibility index (Phi) is 6.39. The quantitative estimate of drug-likeness (QED) is 0.810. The van der Waals surface area contributed by atoms with Crippen molar-refractivity contribution in [3.63, 3.8) is 0 Å². The summed E-state index contributed by atoms with van der Waals surface area (Å²) in [6.45, 7) is 5.62. The third-order valence-electron chi connectivity index (χ3n) is 4.46. The topological polar surface area (TPSA) is 53.4 Å². The second-order valence-corrected chi connectivity index (χ2v) is 6.48. The number of hydrogen-bond acceptors (Lipinski definition) is 4. The Morgan fingerprint density at radius 2 is 2.18 bits per heavy atom. The van der Waals surface area contributed by atoms with Gasteiger partial charge in [0, 0.05) is 31.0 Å². The molecule has 1 N–H and O–H groups in total. The first-order valence-corrected chi connectivity index (χ1v) is 8.20. The smallest absolute Gasteiger partial charge is 0.234 e. The van der Waals surface area contributed by atoms with Crippen LogP contribution < -0.4 is 5.32 Å². The monoisotopic (exact) mass is 307 g/mol. The summed E-state index contributed by atoms with van der Waals surface area (Å²) in [6.07, 6.45) is 6.91. The van der Waals surface area contributed by atoms with Gasteiger partial charge in [-0.25, -0.2) is 0 Å². The summed E-state index contributed by atoms with van der Waals surface area (Å²) in [5.74, 6) is 0.120. The van der Waals surface area contributed by atoms with Gasteiger partial charge in [-0.3, -0.25) is 14.4 Å². The second kappa shape index (κ2) is 8.29. The van der Waals surface area contributed by atoms with Crippen LogP contribution in [0.25, 0.3) is 0 Å². The molecule has 1 saturated heterocycles. The molecule has 1 aliphatic rings. The molecule has 1 fully saturated rings. The van der Waals surface area contributed by atoms with Crippen molar-refractivity contribution in [1.29, 1.82) is 0 Å². The van der Waals surface area contributed by atoms with Gasteiger partial charge < -0.3 is 10.2 Å². The van der Waals surface area contributed by atoms with Crippen LogP contribution in [0.1, 0.15) is 26.2 Å². The average Bonchev–Trinajstić information content (AvgIpc) is 2.99. The van der Waals surface area contributed by atoms with Crippen LogP contribution in [-0.4, -0.2) is 71.3 Å². The van der Waals surface area contributed by atoms with Gasteiger partial charge in [-0.15, -0.1) is 0 Å². The first kappa shape index (κ1) is 17.0. The Bertz CT molecular complexity index is 439. The van der Waals surface area contributed by atoms with Crippen LogP contribution in [0.2, 0.25) is 0 Å². The number of amides is 1. The molecule has 1 atom stereocenters. The number of nitrogens with one attached hydrogen (secondary N) is 1. The lowest BCUT2D eigenvalue weighted by Crippen LogP contribution is -2.47. The zero-order chi connectivity index (χ0) is 15.9. The lowest BCUT2D eigenvalue weighted by atomic mass is 10.0. The summed E-state index contributed by atoms with van der Waals surface area (Å²) >= 11 is 0. The molecule has 1 aliphatic heterocycles. The van der Waals surface area contributed by atoms with Crippen LogP contribution in [0.5, 0.6) is 0 Å². The van der Waals surface area contributed by atoms with Gasteiger partial charge in [-0.1, -0.05) is 0 Å². The lowest BCUT2D eigenvalue weighted by molar-refractivity contribution is -0.123. The molecule has 0 spiro atoms. The molecule has 0 bridgehead atoms. The predicted molar refractivity (Wildman–Crippen MR) is 87.6 cm³/mol. The Morgan fingerprint density at radius 1 is 1.45 bits per heavy atom. The highest BCUT2D eigenvalue weighted by atomic mass is 16.2. The third-order valence-corrected chi connectivity index (χ3v) is 4.46. The summed E-state index contributed by atoms with van der Waals surface area (Å²) in [5, 5.41) is 7.26. The molecule has 1 aromatic rings. The molecule has 0 aliphatic carbocycles. The molecule has 2 heterocycles. The van der Waals surface area contributed by atoms with E-state index in [-0.39, 0.29) is 11.9 Å². The van der Waals surface area contributed by atoms with Crippen molar-refractivity contribution in [2.45, 2.75) is 44.8 Å². The van der Waals surface area contributed by atoms with E-state index in [1.807, 2.05) is 16.9 Å². The lowest BCUT2D eigenvalue weighted by Gasteiger charge is -2.34. The van der Waals surface area contributed by atoms with Crippen molar-refractivity contribution in [3.8, 4) is 0 Å². The van der Waals surface area contributed by atoms with Crippen molar-refractivity contribution in [1.82, 2.24) is 24.9 Å². The SMILES string of the molecule is CC(CCn1cccn1)NC(=O)CN(C)C1CCN(C)CC1. The molecule has 1 amide bonds. The van der Waals surface area contributed by atoms with Gasteiger partial charge in [0.25, 0.3) is 0 Å². The molecule has 0 radical (unpaired) electrons. The molecular formula is C16H29N5O. The van der Waals surface area contributed by atoms with Gasteiger partial charge in [0.15, 0.2) is 0 Å². The normalized spacial score (nSPS) is 18.5. The number of carbonyl (C=O) groups is 1. The van der Waals surface area contributed by atoms with E-state index < -0.39 is 0 Å². The molecule has 0 saturated carbocycles. The number of hydrogen-bond donors (Lipinski definition) is 1. The maximum Gasteiger partial charge on any atom is 0.234 e. The van der Waals surface area contributed by atoms with Gasteiger partial charge >= 0.3 is 0 Å². The largest absolute Gasteiger partial charge is 0.352 e. The number of rotatable bonds is 7. The molecule has 1 unspecified atom stereocenters. The van der Waals surface area contributed by atoms with Crippen LogP contribution in [0.4, 0.5) is 0 Å². The van der Waals surface area contributed by atoms with Gasteiger partial charge in [0.1, 0.15) is 0 Å². The van der Waals surface area contributed by atoms with Gasteiger partial charge in [-0.05, 0) is 59.4 Å². The Labute approximate surface area is 133 Å². The zero-order valence-electron chi connectivity index (χ0n) is 14.0. The summed E-state index contributed by atoms with van der Waals surface area (Å²) < 4.78 is 1.90. The second-order valence-electron chi connectivity index (χ2n) is 6.48.